The highest BCUT2D eigenvalue weighted by atomic mass is 35.5. The first-order valence-corrected chi connectivity index (χ1v) is 4.19. The second kappa shape index (κ2) is 2.96. The molecule has 0 aromatic carbocycles. The van der Waals surface area contributed by atoms with Crippen molar-refractivity contribution in [3.8, 4) is 0 Å². The molecule has 3 nitrogen and oxygen atoms in total. The molecule has 1 amide bonds. The van der Waals surface area contributed by atoms with Crippen LogP contribution < -0.4 is 5.32 Å². The molecule has 68 valence electrons. The third kappa shape index (κ3) is 1.37. The van der Waals surface area contributed by atoms with Crippen LogP contribution in [0.5, 0.6) is 0 Å². The fourth-order valence-electron chi connectivity index (χ4n) is 1.27. The number of nitrogens with one attached hydrogen (secondary N) is 1. The molecule has 0 saturated carbocycles. The van der Waals surface area contributed by atoms with Crippen LogP contribution in [0.2, 0.25) is 5.02 Å². The number of hydrogen-bond acceptors (Lipinski definition) is 2. The third-order valence-electron chi connectivity index (χ3n) is 1.93. The van der Waals surface area contributed by atoms with Crippen molar-refractivity contribution in [2.24, 2.45) is 0 Å². The molecule has 2 heterocycles. The van der Waals surface area contributed by atoms with Crippen molar-refractivity contribution >= 4 is 23.3 Å². The first-order chi connectivity index (χ1) is 6.18. The van der Waals surface area contributed by atoms with E-state index in [4.69, 9.17) is 11.6 Å². The van der Waals surface area contributed by atoms with Gasteiger partial charge < -0.3 is 5.32 Å². The molecule has 0 fully saturated rings. The number of anilines is 1. The van der Waals surface area contributed by atoms with Gasteiger partial charge in [0.25, 0.3) is 0 Å². The molecule has 13 heavy (non-hydrogen) atoms. The molecule has 0 bridgehead atoms. The van der Waals surface area contributed by atoms with Gasteiger partial charge in [-0.2, -0.15) is 0 Å². The molecule has 1 aromatic heterocycles. The minimum Gasteiger partial charge on any atom is -0.310 e. The summed E-state index contributed by atoms with van der Waals surface area (Å²) in [7, 11) is 0. The van der Waals surface area contributed by atoms with Gasteiger partial charge in [0.15, 0.2) is 0 Å². The number of fused-ring (bicyclic) bond motifs is 1. The normalized spacial score (nSPS) is 15.1. The van der Waals surface area contributed by atoms with E-state index >= 15 is 0 Å². The summed E-state index contributed by atoms with van der Waals surface area (Å²) in [4.78, 5) is 14.7. The summed E-state index contributed by atoms with van der Waals surface area (Å²) in [6.45, 7) is 0. The molecule has 1 aromatic rings. The van der Waals surface area contributed by atoms with Gasteiger partial charge in [-0.25, -0.2) is 9.37 Å². The number of amides is 1. The molecular formula is C8H6ClFN2O. The van der Waals surface area contributed by atoms with Gasteiger partial charge >= 0.3 is 0 Å². The van der Waals surface area contributed by atoms with Crippen LogP contribution in [-0.2, 0) is 11.2 Å². The Morgan fingerprint density at radius 3 is 3.08 bits per heavy atom. The van der Waals surface area contributed by atoms with Gasteiger partial charge in [-0.15, -0.1) is 0 Å². The first kappa shape index (κ1) is 8.44. The van der Waals surface area contributed by atoms with E-state index in [-0.39, 0.29) is 23.2 Å². The molecule has 1 aliphatic heterocycles. The lowest BCUT2D eigenvalue weighted by atomic mass is 10.1. The lowest BCUT2D eigenvalue weighted by molar-refractivity contribution is -0.116. The maximum absolute atomic E-state index is 13.3. The summed E-state index contributed by atoms with van der Waals surface area (Å²) < 4.78 is 13.3. The van der Waals surface area contributed by atoms with Crippen LogP contribution in [0.1, 0.15) is 12.0 Å². The van der Waals surface area contributed by atoms with Crippen molar-refractivity contribution in [3.05, 3.63) is 22.6 Å². The lowest BCUT2D eigenvalue weighted by Crippen LogP contribution is -2.21. The van der Waals surface area contributed by atoms with Crippen LogP contribution in [0.4, 0.5) is 10.2 Å². The Hall–Kier alpha value is -1.16. The van der Waals surface area contributed by atoms with Crippen molar-refractivity contribution in [1.29, 1.82) is 0 Å². The summed E-state index contributed by atoms with van der Waals surface area (Å²) in [6, 6.07) is 0. The first-order valence-electron chi connectivity index (χ1n) is 3.81. The molecule has 2 rings (SSSR count). The lowest BCUT2D eigenvalue weighted by Gasteiger charge is -2.15. The second-order valence-corrected chi connectivity index (χ2v) is 3.20. The Morgan fingerprint density at radius 1 is 1.54 bits per heavy atom. The van der Waals surface area contributed by atoms with Crippen molar-refractivity contribution < 1.29 is 9.18 Å². The quantitative estimate of drug-likeness (QED) is 0.694. The number of carbonyl (C=O) groups is 1. The van der Waals surface area contributed by atoms with Crippen LogP contribution in [0.25, 0.3) is 0 Å². The Labute approximate surface area is 78.9 Å². The fraction of sp³-hybridized carbons (Fsp3) is 0.250. The molecule has 0 aliphatic carbocycles. The fourth-order valence-corrected chi connectivity index (χ4v) is 1.44. The summed E-state index contributed by atoms with van der Waals surface area (Å²) in [5, 5.41) is 2.47. The standard InChI is InChI=1S/C8H6ClFN2O/c9-5-3-11-8-4(7(5)10)1-2-6(13)12-8/h3H,1-2H2,(H,11,12,13). The highest BCUT2D eigenvalue weighted by Crippen LogP contribution is 2.26. The number of aromatic nitrogens is 1. The SMILES string of the molecule is O=C1CCc2c(ncc(Cl)c2F)N1. The zero-order valence-electron chi connectivity index (χ0n) is 6.60. The van der Waals surface area contributed by atoms with Gasteiger partial charge in [0, 0.05) is 12.0 Å². The van der Waals surface area contributed by atoms with Crippen LogP contribution in [0, 0.1) is 5.82 Å². The van der Waals surface area contributed by atoms with Gasteiger partial charge in [0.1, 0.15) is 11.6 Å². The van der Waals surface area contributed by atoms with Crippen molar-refractivity contribution in [3.63, 3.8) is 0 Å². The maximum atomic E-state index is 13.3. The Morgan fingerprint density at radius 2 is 2.31 bits per heavy atom. The summed E-state index contributed by atoms with van der Waals surface area (Å²) in [6.07, 6.45) is 1.84. The molecule has 0 saturated heterocycles. The van der Waals surface area contributed by atoms with E-state index in [1.54, 1.807) is 0 Å². The number of hydrogen-bond donors (Lipinski definition) is 1. The number of rotatable bonds is 0. The Balaban J connectivity index is 2.53. The minimum atomic E-state index is -0.480. The topological polar surface area (TPSA) is 42.0 Å². The van der Waals surface area contributed by atoms with E-state index in [0.29, 0.717) is 12.0 Å². The molecule has 1 aliphatic rings. The average Bonchev–Trinajstić information content (AvgIpc) is 2.12. The zero-order chi connectivity index (χ0) is 9.42. The number of halogens is 2. The molecule has 1 N–H and O–H groups in total. The number of carbonyl (C=O) groups excluding carboxylic acids is 1. The molecule has 0 unspecified atom stereocenters. The minimum absolute atomic E-state index is 0.00472. The Bertz CT molecular complexity index is 381. The van der Waals surface area contributed by atoms with E-state index in [1.165, 1.54) is 6.20 Å². The Kier molecular flexibility index (Phi) is 1.92. The van der Waals surface area contributed by atoms with Crippen LogP contribution >= 0.6 is 11.6 Å². The number of pyridine rings is 1. The van der Waals surface area contributed by atoms with Crippen molar-refractivity contribution in [1.82, 2.24) is 4.98 Å². The largest absolute Gasteiger partial charge is 0.310 e. The van der Waals surface area contributed by atoms with Crippen LogP contribution in [-0.4, -0.2) is 10.9 Å². The van der Waals surface area contributed by atoms with Gasteiger partial charge in [0.2, 0.25) is 5.91 Å². The average molecular weight is 201 g/mol. The molecule has 5 heteroatoms. The second-order valence-electron chi connectivity index (χ2n) is 2.80. The predicted octanol–water partition coefficient (Wildman–Crippen LogP) is 1.76. The molecule has 0 radical (unpaired) electrons. The van der Waals surface area contributed by atoms with E-state index in [9.17, 15) is 9.18 Å². The van der Waals surface area contributed by atoms with Crippen LogP contribution in [0.3, 0.4) is 0 Å². The highest BCUT2D eigenvalue weighted by molar-refractivity contribution is 6.30. The van der Waals surface area contributed by atoms with E-state index in [1.807, 2.05) is 0 Å². The smallest absolute Gasteiger partial charge is 0.225 e. The highest BCUT2D eigenvalue weighted by Gasteiger charge is 2.20. The molecular weight excluding hydrogens is 195 g/mol. The van der Waals surface area contributed by atoms with Gasteiger partial charge in [-0.1, -0.05) is 11.6 Å². The van der Waals surface area contributed by atoms with Gasteiger partial charge in [-0.3, -0.25) is 4.79 Å². The summed E-state index contributed by atoms with van der Waals surface area (Å²) in [5.74, 6) is -0.327. The van der Waals surface area contributed by atoms with E-state index in [2.05, 4.69) is 10.3 Å². The predicted molar refractivity (Wildman–Crippen MR) is 46.2 cm³/mol. The van der Waals surface area contributed by atoms with Crippen LogP contribution in [0.15, 0.2) is 6.20 Å². The van der Waals surface area contributed by atoms with Gasteiger partial charge in [0.05, 0.1) is 11.2 Å². The molecule has 0 spiro atoms. The number of nitrogens with zero attached hydrogens (tertiary/aromatic N) is 1. The maximum Gasteiger partial charge on any atom is 0.225 e. The van der Waals surface area contributed by atoms with E-state index < -0.39 is 5.82 Å². The summed E-state index contributed by atoms with van der Waals surface area (Å²) in [5.41, 5.74) is 0.395. The monoisotopic (exact) mass is 200 g/mol. The van der Waals surface area contributed by atoms with Gasteiger partial charge in [-0.05, 0) is 6.42 Å². The van der Waals surface area contributed by atoms with E-state index in [0.717, 1.165) is 0 Å². The zero-order valence-corrected chi connectivity index (χ0v) is 7.36. The van der Waals surface area contributed by atoms with Crippen molar-refractivity contribution in [2.45, 2.75) is 12.8 Å². The summed E-state index contributed by atoms with van der Waals surface area (Å²) >= 11 is 5.53. The van der Waals surface area contributed by atoms with Crippen molar-refractivity contribution in [2.75, 3.05) is 5.32 Å². The molecule has 0 atom stereocenters. The third-order valence-corrected chi connectivity index (χ3v) is 2.19.